The third kappa shape index (κ3) is 4.74. The first-order chi connectivity index (χ1) is 11.1. The SMILES string of the molecule is CCOC(=O)N(C)C(C)c1cccc(OCc2ccccc2)c1. The molecule has 1 atom stereocenters. The Morgan fingerprint density at radius 1 is 1.13 bits per heavy atom. The Kier molecular flexibility index (Phi) is 6.03. The lowest BCUT2D eigenvalue weighted by atomic mass is 10.1. The van der Waals surface area contributed by atoms with Crippen LogP contribution >= 0.6 is 0 Å². The molecule has 0 radical (unpaired) electrons. The third-order valence-corrected chi connectivity index (χ3v) is 3.73. The van der Waals surface area contributed by atoms with Gasteiger partial charge < -0.3 is 14.4 Å². The number of amides is 1. The fraction of sp³-hybridized carbons (Fsp3) is 0.316. The number of carbonyl (C=O) groups excluding carboxylic acids is 1. The monoisotopic (exact) mass is 313 g/mol. The second-order valence-electron chi connectivity index (χ2n) is 5.33. The molecule has 0 aliphatic heterocycles. The smallest absolute Gasteiger partial charge is 0.409 e. The number of nitrogens with zero attached hydrogens (tertiary/aromatic N) is 1. The molecule has 0 aliphatic rings. The summed E-state index contributed by atoms with van der Waals surface area (Å²) in [6, 6.07) is 17.7. The first-order valence-corrected chi connectivity index (χ1v) is 7.78. The van der Waals surface area contributed by atoms with Gasteiger partial charge in [-0.25, -0.2) is 4.79 Å². The summed E-state index contributed by atoms with van der Waals surface area (Å²) in [6.07, 6.45) is -0.324. The molecule has 0 aromatic heterocycles. The van der Waals surface area contributed by atoms with Crippen molar-refractivity contribution < 1.29 is 14.3 Å². The van der Waals surface area contributed by atoms with E-state index in [4.69, 9.17) is 9.47 Å². The van der Waals surface area contributed by atoms with E-state index in [9.17, 15) is 4.79 Å². The Bertz CT molecular complexity index is 628. The van der Waals surface area contributed by atoms with Gasteiger partial charge in [0, 0.05) is 7.05 Å². The molecule has 2 aromatic carbocycles. The quantitative estimate of drug-likeness (QED) is 0.792. The topological polar surface area (TPSA) is 38.8 Å². The van der Waals surface area contributed by atoms with Crippen LogP contribution in [0.3, 0.4) is 0 Å². The van der Waals surface area contributed by atoms with Crippen LogP contribution in [0.1, 0.15) is 31.0 Å². The summed E-state index contributed by atoms with van der Waals surface area (Å²) in [7, 11) is 1.74. The second kappa shape index (κ2) is 8.22. The highest BCUT2D eigenvalue weighted by Crippen LogP contribution is 2.24. The van der Waals surface area contributed by atoms with Crippen LogP contribution in [-0.2, 0) is 11.3 Å². The zero-order chi connectivity index (χ0) is 16.7. The zero-order valence-electron chi connectivity index (χ0n) is 13.9. The van der Waals surface area contributed by atoms with Gasteiger partial charge in [-0.15, -0.1) is 0 Å². The lowest BCUT2D eigenvalue weighted by molar-refractivity contribution is 0.104. The van der Waals surface area contributed by atoms with Gasteiger partial charge in [0.05, 0.1) is 12.6 Å². The normalized spacial score (nSPS) is 11.6. The highest BCUT2D eigenvalue weighted by Gasteiger charge is 2.18. The average molecular weight is 313 g/mol. The number of rotatable bonds is 6. The zero-order valence-corrected chi connectivity index (χ0v) is 13.9. The van der Waals surface area contributed by atoms with Gasteiger partial charge in [0.15, 0.2) is 0 Å². The largest absolute Gasteiger partial charge is 0.489 e. The summed E-state index contributed by atoms with van der Waals surface area (Å²) in [5.41, 5.74) is 2.13. The Morgan fingerprint density at radius 2 is 1.87 bits per heavy atom. The van der Waals surface area contributed by atoms with E-state index in [1.807, 2.05) is 61.5 Å². The number of hydrogen-bond acceptors (Lipinski definition) is 3. The van der Waals surface area contributed by atoms with Gasteiger partial charge >= 0.3 is 6.09 Å². The fourth-order valence-electron chi connectivity index (χ4n) is 2.21. The Labute approximate surface area is 137 Å². The molecule has 2 rings (SSSR count). The van der Waals surface area contributed by atoms with Crippen molar-refractivity contribution in [2.75, 3.05) is 13.7 Å². The van der Waals surface area contributed by atoms with Crippen LogP contribution in [-0.4, -0.2) is 24.6 Å². The van der Waals surface area contributed by atoms with E-state index in [0.717, 1.165) is 16.9 Å². The average Bonchev–Trinajstić information content (AvgIpc) is 2.60. The van der Waals surface area contributed by atoms with Crippen LogP contribution in [0.15, 0.2) is 54.6 Å². The molecular weight excluding hydrogens is 290 g/mol. The van der Waals surface area contributed by atoms with Crippen molar-refractivity contribution in [2.45, 2.75) is 26.5 Å². The van der Waals surface area contributed by atoms with Crippen LogP contribution in [0.25, 0.3) is 0 Å². The summed E-state index contributed by atoms with van der Waals surface area (Å²) < 4.78 is 10.9. The molecule has 122 valence electrons. The van der Waals surface area contributed by atoms with E-state index < -0.39 is 0 Å². The van der Waals surface area contributed by atoms with Crippen molar-refractivity contribution in [3.63, 3.8) is 0 Å². The predicted octanol–water partition coefficient (Wildman–Crippen LogP) is 4.41. The van der Waals surface area contributed by atoms with Crippen molar-refractivity contribution in [2.24, 2.45) is 0 Å². The molecule has 4 nitrogen and oxygen atoms in total. The van der Waals surface area contributed by atoms with Crippen LogP contribution in [0.5, 0.6) is 5.75 Å². The maximum Gasteiger partial charge on any atom is 0.409 e. The maximum absolute atomic E-state index is 11.8. The Hall–Kier alpha value is -2.49. The molecule has 0 spiro atoms. The summed E-state index contributed by atoms with van der Waals surface area (Å²) in [5, 5.41) is 0. The van der Waals surface area contributed by atoms with Gasteiger partial charge in [-0.05, 0) is 37.1 Å². The molecule has 0 saturated carbocycles. The fourth-order valence-corrected chi connectivity index (χ4v) is 2.21. The first-order valence-electron chi connectivity index (χ1n) is 7.78. The van der Waals surface area contributed by atoms with Gasteiger partial charge in [-0.1, -0.05) is 42.5 Å². The summed E-state index contributed by atoms with van der Waals surface area (Å²) in [6.45, 7) is 4.66. The summed E-state index contributed by atoms with van der Waals surface area (Å²) in [5.74, 6) is 0.787. The van der Waals surface area contributed by atoms with E-state index in [2.05, 4.69) is 0 Å². The number of benzene rings is 2. The van der Waals surface area contributed by atoms with Gasteiger partial charge in [-0.2, -0.15) is 0 Å². The van der Waals surface area contributed by atoms with E-state index in [-0.39, 0.29) is 12.1 Å². The van der Waals surface area contributed by atoms with Crippen molar-refractivity contribution >= 4 is 6.09 Å². The van der Waals surface area contributed by atoms with Crippen LogP contribution in [0.4, 0.5) is 4.79 Å². The molecule has 1 amide bonds. The highest BCUT2D eigenvalue weighted by atomic mass is 16.6. The molecule has 1 unspecified atom stereocenters. The van der Waals surface area contributed by atoms with E-state index in [1.165, 1.54) is 0 Å². The molecule has 0 heterocycles. The standard InChI is InChI=1S/C19H23NO3/c1-4-22-19(21)20(3)15(2)17-11-8-12-18(13-17)23-14-16-9-6-5-7-10-16/h5-13,15H,4,14H2,1-3H3. The summed E-state index contributed by atoms with van der Waals surface area (Å²) in [4.78, 5) is 13.4. The molecule has 4 heteroatoms. The number of hydrogen-bond donors (Lipinski definition) is 0. The van der Waals surface area contributed by atoms with Crippen molar-refractivity contribution in [1.29, 1.82) is 0 Å². The van der Waals surface area contributed by atoms with Gasteiger partial charge in [0.2, 0.25) is 0 Å². The van der Waals surface area contributed by atoms with Crippen molar-refractivity contribution in [3.8, 4) is 5.75 Å². The van der Waals surface area contributed by atoms with Gasteiger partial charge in [-0.3, -0.25) is 0 Å². The molecule has 0 fully saturated rings. The molecular formula is C19H23NO3. The maximum atomic E-state index is 11.8. The third-order valence-electron chi connectivity index (χ3n) is 3.73. The molecule has 0 saturated heterocycles. The van der Waals surface area contributed by atoms with Gasteiger partial charge in [0.1, 0.15) is 12.4 Å². The van der Waals surface area contributed by atoms with E-state index in [1.54, 1.807) is 18.9 Å². The Balaban J connectivity index is 2.02. The van der Waals surface area contributed by atoms with Crippen LogP contribution < -0.4 is 4.74 Å². The lowest BCUT2D eigenvalue weighted by Gasteiger charge is -2.24. The number of ether oxygens (including phenoxy) is 2. The molecule has 23 heavy (non-hydrogen) atoms. The second-order valence-corrected chi connectivity index (χ2v) is 5.33. The minimum Gasteiger partial charge on any atom is -0.489 e. The lowest BCUT2D eigenvalue weighted by Crippen LogP contribution is -2.30. The van der Waals surface area contributed by atoms with E-state index >= 15 is 0 Å². The van der Waals surface area contributed by atoms with Crippen molar-refractivity contribution in [3.05, 3.63) is 65.7 Å². The molecule has 0 bridgehead atoms. The highest BCUT2D eigenvalue weighted by molar-refractivity contribution is 5.67. The minimum absolute atomic E-state index is 0.0886. The Morgan fingerprint density at radius 3 is 2.57 bits per heavy atom. The van der Waals surface area contributed by atoms with Gasteiger partial charge in [0.25, 0.3) is 0 Å². The first kappa shape index (κ1) is 16.9. The molecule has 2 aromatic rings. The van der Waals surface area contributed by atoms with Crippen LogP contribution in [0, 0.1) is 0 Å². The minimum atomic E-state index is -0.324. The van der Waals surface area contributed by atoms with Crippen LogP contribution in [0.2, 0.25) is 0 Å². The number of carbonyl (C=O) groups is 1. The predicted molar refractivity (Wildman–Crippen MR) is 90.4 cm³/mol. The molecule has 0 aliphatic carbocycles. The summed E-state index contributed by atoms with van der Waals surface area (Å²) >= 11 is 0. The van der Waals surface area contributed by atoms with E-state index in [0.29, 0.717) is 13.2 Å². The molecule has 0 N–H and O–H groups in total. The van der Waals surface area contributed by atoms with Crippen molar-refractivity contribution in [1.82, 2.24) is 4.90 Å².